The van der Waals surface area contributed by atoms with Gasteiger partial charge in [0.1, 0.15) is 5.15 Å². The Balaban J connectivity index is 1.72. The summed E-state index contributed by atoms with van der Waals surface area (Å²) in [6.45, 7) is 7.26. The summed E-state index contributed by atoms with van der Waals surface area (Å²) < 4.78 is 1.37. The number of tetrazole rings is 1. The summed E-state index contributed by atoms with van der Waals surface area (Å²) in [7, 11) is 0. The minimum atomic E-state index is -0.503. The zero-order valence-electron chi connectivity index (χ0n) is 16.2. The number of anilines is 1. The molecule has 12 heteroatoms. The minimum absolute atomic E-state index is 0.101. The highest BCUT2D eigenvalue weighted by Gasteiger charge is 2.22. The molecule has 0 unspecified atom stereocenters. The van der Waals surface area contributed by atoms with Crippen LogP contribution in [0.5, 0.6) is 5.75 Å². The molecule has 3 aromatic rings. The molecule has 0 aliphatic rings. The van der Waals surface area contributed by atoms with Crippen LogP contribution in [0, 0.1) is 12.3 Å². The maximum absolute atomic E-state index is 12.1. The zero-order valence-corrected chi connectivity index (χ0v) is 17.8. The van der Waals surface area contributed by atoms with Crippen molar-refractivity contribution in [2.45, 2.75) is 34.1 Å². The van der Waals surface area contributed by atoms with Crippen LogP contribution in [0.2, 0.25) is 5.15 Å². The number of halogens is 1. The summed E-state index contributed by atoms with van der Waals surface area (Å²) >= 11 is 7.37. The first kappa shape index (κ1) is 20.8. The molecular formula is C17H19ClN8O2S. The van der Waals surface area contributed by atoms with Gasteiger partial charge in [0, 0.05) is 17.2 Å². The SMILES string of the molecule is Cc1nnnn1/C=N/Oc1ccc(Cl)nc1Cc1csc(NC(=O)C(C)(C)C)n1. The second-order valence-corrected chi connectivity index (χ2v) is 8.33. The average molecular weight is 435 g/mol. The topological polar surface area (TPSA) is 120 Å². The highest BCUT2D eigenvalue weighted by Crippen LogP contribution is 2.25. The van der Waals surface area contributed by atoms with Crippen molar-refractivity contribution in [3.8, 4) is 5.75 Å². The fraction of sp³-hybridized carbons (Fsp3) is 0.353. The van der Waals surface area contributed by atoms with Gasteiger partial charge in [0.05, 0.1) is 11.4 Å². The van der Waals surface area contributed by atoms with E-state index in [4.69, 9.17) is 16.4 Å². The van der Waals surface area contributed by atoms with E-state index in [1.54, 1.807) is 19.1 Å². The van der Waals surface area contributed by atoms with Gasteiger partial charge in [-0.2, -0.15) is 4.68 Å². The number of hydrogen-bond acceptors (Lipinski definition) is 9. The summed E-state index contributed by atoms with van der Waals surface area (Å²) in [5, 5.41) is 20.4. The normalized spacial score (nSPS) is 11.8. The molecule has 0 aliphatic heterocycles. The molecule has 0 radical (unpaired) electrons. The second-order valence-electron chi connectivity index (χ2n) is 7.09. The van der Waals surface area contributed by atoms with Crippen molar-refractivity contribution in [1.82, 2.24) is 30.2 Å². The quantitative estimate of drug-likeness (QED) is 0.274. The largest absolute Gasteiger partial charge is 0.353 e. The lowest BCUT2D eigenvalue weighted by Gasteiger charge is -2.15. The first-order valence-corrected chi connectivity index (χ1v) is 9.84. The Morgan fingerprint density at radius 3 is 2.86 bits per heavy atom. The molecule has 0 fully saturated rings. The standard InChI is InChI=1S/C17H19ClN8O2S/c1-10-23-24-25-26(10)9-19-28-13-5-6-14(18)21-12(13)7-11-8-29-16(20-11)22-15(27)17(2,3)4/h5-6,8-9H,7H2,1-4H3,(H,20,22,27)/b19-9+. The third-order valence-corrected chi connectivity index (χ3v) is 4.68. The molecular weight excluding hydrogens is 416 g/mol. The molecule has 0 saturated heterocycles. The van der Waals surface area contributed by atoms with Crippen molar-refractivity contribution in [2.24, 2.45) is 10.6 Å². The summed E-state index contributed by atoms with van der Waals surface area (Å²) in [4.78, 5) is 26.3. The number of nitrogens with one attached hydrogen (secondary N) is 1. The van der Waals surface area contributed by atoms with Gasteiger partial charge < -0.3 is 10.2 Å². The van der Waals surface area contributed by atoms with Crippen LogP contribution in [0.15, 0.2) is 22.7 Å². The Morgan fingerprint density at radius 2 is 2.17 bits per heavy atom. The van der Waals surface area contributed by atoms with Gasteiger partial charge in [0.2, 0.25) is 5.91 Å². The average Bonchev–Trinajstić information content (AvgIpc) is 3.25. The number of pyridine rings is 1. The highest BCUT2D eigenvalue weighted by atomic mass is 35.5. The first-order chi connectivity index (χ1) is 13.7. The molecule has 152 valence electrons. The van der Waals surface area contributed by atoms with Crippen LogP contribution in [-0.4, -0.2) is 42.4 Å². The van der Waals surface area contributed by atoms with Gasteiger partial charge in [-0.25, -0.2) is 9.97 Å². The fourth-order valence-corrected chi connectivity index (χ4v) is 2.91. The predicted molar refractivity (Wildman–Crippen MR) is 109 cm³/mol. The number of nitrogens with zero attached hydrogens (tertiary/aromatic N) is 7. The molecule has 3 heterocycles. The lowest BCUT2D eigenvalue weighted by molar-refractivity contribution is -0.123. The molecule has 0 atom stereocenters. The van der Waals surface area contributed by atoms with Crippen LogP contribution in [0.25, 0.3) is 0 Å². The van der Waals surface area contributed by atoms with Crippen LogP contribution >= 0.6 is 22.9 Å². The van der Waals surface area contributed by atoms with Crippen LogP contribution in [0.3, 0.4) is 0 Å². The van der Waals surface area contributed by atoms with E-state index >= 15 is 0 Å². The molecule has 0 bridgehead atoms. The molecule has 1 N–H and O–H groups in total. The van der Waals surface area contributed by atoms with Gasteiger partial charge in [-0.1, -0.05) is 37.5 Å². The van der Waals surface area contributed by atoms with Gasteiger partial charge in [-0.15, -0.1) is 16.4 Å². The summed E-state index contributed by atoms with van der Waals surface area (Å²) in [6, 6.07) is 3.28. The second kappa shape index (κ2) is 8.62. The van der Waals surface area contributed by atoms with Crippen molar-refractivity contribution in [3.05, 3.63) is 39.9 Å². The smallest absolute Gasteiger partial charge is 0.231 e. The third-order valence-electron chi connectivity index (χ3n) is 3.67. The Morgan fingerprint density at radius 1 is 1.38 bits per heavy atom. The van der Waals surface area contributed by atoms with Crippen molar-refractivity contribution < 1.29 is 9.63 Å². The van der Waals surface area contributed by atoms with Crippen molar-refractivity contribution in [1.29, 1.82) is 0 Å². The third kappa shape index (κ3) is 5.55. The number of rotatable bonds is 6. The monoisotopic (exact) mass is 434 g/mol. The number of thiazole rings is 1. The molecule has 3 aromatic heterocycles. The van der Waals surface area contributed by atoms with Crippen LogP contribution < -0.4 is 10.2 Å². The molecule has 0 saturated carbocycles. The van der Waals surface area contributed by atoms with E-state index in [2.05, 4.69) is 36.0 Å². The Hall–Kier alpha value is -2.92. The number of aromatic nitrogens is 6. The van der Waals surface area contributed by atoms with E-state index in [0.717, 1.165) is 5.69 Å². The number of oxime groups is 1. The van der Waals surface area contributed by atoms with Gasteiger partial charge in [0.15, 0.2) is 23.0 Å². The summed E-state index contributed by atoms with van der Waals surface area (Å²) in [5.74, 6) is 0.888. The van der Waals surface area contributed by atoms with Crippen molar-refractivity contribution in [2.75, 3.05) is 5.32 Å². The van der Waals surface area contributed by atoms with Gasteiger partial charge in [-0.05, 0) is 29.5 Å². The Kier molecular flexibility index (Phi) is 6.18. The minimum Gasteiger partial charge on any atom is -0.353 e. The van der Waals surface area contributed by atoms with Gasteiger partial charge in [-0.3, -0.25) is 4.79 Å². The first-order valence-electron chi connectivity index (χ1n) is 8.58. The highest BCUT2D eigenvalue weighted by molar-refractivity contribution is 7.13. The number of carbonyl (C=O) groups is 1. The molecule has 0 aliphatic carbocycles. The van der Waals surface area contributed by atoms with Gasteiger partial charge >= 0.3 is 0 Å². The van der Waals surface area contributed by atoms with Crippen LogP contribution in [-0.2, 0) is 11.2 Å². The van der Waals surface area contributed by atoms with E-state index in [0.29, 0.717) is 34.0 Å². The fourth-order valence-electron chi connectivity index (χ4n) is 2.04. The predicted octanol–water partition coefficient (Wildman–Crippen LogP) is 2.93. The number of hydrogen-bond donors (Lipinski definition) is 1. The molecule has 3 rings (SSSR count). The van der Waals surface area contributed by atoms with E-state index in [-0.39, 0.29) is 5.91 Å². The maximum atomic E-state index is 12.1. The number of amides is 1. The van der Waals surface area contributed by atoms with Crippen molar-refractivity contribution in [3.63, 3.8) is 0 Å². The number of aryl methyl sites for hydroxylation is 1. The van der Waals surface area contributed by atoms with E-state index in [1.807, 2.05) is 26.2 Å². The Bertz CT molecular complexity index is 1040. The summed E-state index contributed by atoms with van der Waals surface area (Å²) in [6.07, 6.45) is 1.70. The molecule has 0 aromatic carbocycles. The van der Waals surface area contributed by atoms with E-state index < -0.39 is 5.41 Å². The van der Waals surface area contributed by atoms with E-state index in [9.17, 15) is 4.79 Å². The van der Waals surface area contributed by atoms with Gasteiger partial charge in [0.25, 0.3) is 0 Å². The van der Waals surface area contributed by atoms with Crippen LogP contribution in [0.4, 0.5) is 5.13 Å². The molecule has 29 heavy (non-hydrogen) atoms. The zero-order chi connectivity index (χ0) is 21.0. The number of carbonyl (C=O) groups excluding carboxylic acids is 1. The van der Waals surface area contributed by atoms with E-state index in [1.165, 1.54) is 22.4 Å². The lowest BCUT2D eigenvalue weighted by atomic mass is 9.96. The molecule has 1 amide bonds. The van der Waals surface area contributed by atoms with Crippen LogP contribution in [0.1, 0.15) is 38.0 Å². The Labute approximate surface area is 176 Å². The maximum Gasteiger partial charge on any atom is 0.231 e. The van der Waals surface area contributed by atoms with Crippen molar-refractivity contribution >= 4 is 40.3 Å². The molecule has 0 spiro atoms. The lowest BCUT2D eigenvalue weighted by Crippen LogP contribution is -2.27. The molecule has 10 nitrogen and oxygen atoms in total. The summed E-state index contributed by atoms with van der Waals surface area (Å²) in [5.41, 5.74) is 0.776.